The van der Waals surface area contributed by atoms with Crippen molar-refractivity contribution in [2.24, 2.45) is 0 Å². The molecule has 0 spiro atoms. The van der Waals surface area contributed by atoms with Gasteiger partial charge in [-0.05, 0) is 51.5 Å². The Morgan fingerprint density at radius 1 is 1.09 bits per heavy atom. The summed E-state index contributed by atoms with van der Waals surface area (Å²) in [6.45, 7) is 7.05. The molecule has 1 unspecified atom stereocenters. The van der Waals surface area contributed by atoms with Crippen LogP contribution in [0.15, 0.2) is 52.9 Å². The smallest absolute Gasteiger partial charge is 0.408 e. The molecule has 168 valence electrons. The van der Waals surface area contributed by atoms with Gasteiger partial charge < -0.3 is 19.6 Å². The van der Waals surface area contributed by atoms with Crippen molar-refractivity contribution in [3.8, 4) is 11.5 Å². The Balaban J connectivity index is 1.99. The summed E-state index contributed by atoms with van der Waals surface area (Å²) in [4.78, 5) is 23.9. The molecule has 1 amide bonds. The number of amides is 1. The zero-order valence-electron chi connectivity index (χ0n) is 18.2. The van der Waals surface area contributed by atoms with Crippen LogP contribution in [-0.4, -0.2) is 33.0 Å². The van der Waals surface area contributed by atoms with Crippen molar-refractivity contribution in [1.82, 2.24) is 15.5 Å². The fourth-order valence-electron chi connectivity index (χ4n) is 3.08. The largest absolute Gasteiger partial charge is 0.478 e. The molecule has 0 saturated heterocycles. The average Bonchev–Trinajstić information content (AvgIpc) is 3.18. The van der Waals surface area contributed by atoms with Gasteiger partial charge in [-0.15, -0.1) is 10.2 Å². The lowest BCUT2D eigenvalue weighted by molar-refractivity contribution is 0.0443. The quantitative estimate of drug-likeness (QED) is 0.530. The van der Waals surface area contributed by atoms with Gasteiger partial charge in [0.15, 0.2) is 0 Å². The summed E-state index contributed by atoms with van der Waals surface area (Å²) < 4.78 is 11.3. The predicted octanol–water partition coefficient (Wildman–Crippen LogP) is 5.07. The van der Waals surface area contributed by atoms with Gasteiger partial charge in [-0.2, -0.15) is 0 Å². The number of carbonyl (C=O) groups excluding carboxylic acids is 1. The van der Waals surface area contributed by atoms with Gasteiger partial charge in [0.1, 0.15) is 11.1 Å². The van der Waals surface area contributed by atoms with Crippen molar-refractivity contribution in [3.05, 3.63) is 70.6 Å². The van der Waals surface area contributed by atoms with Gasteiger partial charge in [-0.25, -0.2) is 9.59 Å². The van der Waals surface area contributed by atoms with Crippen LogP contribution in [0.2, 0.25) is 5.02 Å². The molecule has 32 heavy (non-hydrogen) atoms. The number of aromatic nitrogens is 2. The van der Waals surface area contributed by atoms with E-state index in [1.54, 1.807) is 27.7 Å². The monoisotopic (exact) mass is 457 g/mol. The van der Waals surface area contributed by atoms with Crippen molar-refractivity contribution in [1.29, 1.82) is 0 Å². The lowest BCUT2D eigenvalue weighted by Crippen LogP contribution is -2.47. The van der Waals surface area contributed by atoms with E-state index < -0.39 is 23.2 Å². The molecule has 9 heteroatoms. The van der Waals surface area contributed by atoms with Gasteiger partial charge in [-0.1, -0.05) is 41.9 Å². The van der Waals surface area contributed by atoms with Crippen LogP contribution >= 0.6 is 11.6 Å². The molecule has 3 rings (SSSR count). The van der Waals surface area contributed by atoms with Crippen LogP contribution in [0.4, 0.5) is 4.79 Å². The first-order chi connectivity index (χ1) is 15.0. The third-order valence-electron chi connectivity index (χ3n) is 4.52. The Hall–Kier alpha value is -3.39. The summed E-state index contributed by atoms with van der Waals surface area (Å²) in [6, 6.07) is 13.7. The summed E-state index contributed by atoms with van der Waals surface area (Å²) in [6.07, 6.45) is -0.293. The first-order valence-corrected chi connectivity index (χ1v) is 10.3. The number of benzene rings is 2. The molecule has 1 heterocycles. The van der Waals surface area contributed by atoms with Crippen LogP contribution in [0.1, 0.15) is 49.5 Å². The molecule has 1 atom stereocenters. The number of rotatable bonds is 6. The summed E-state index contributed by atoms with van der Waals surface area (Å²) in [5.41, 5.74) is -0.557. The van der Waals surface area contributed by atoms with Crippen LogP contribution in [0.5, 0.6) is 0 Å². The lowest BCUT2D eigenvalue weighted by Gasteiger charge is -2.29. The number of nitrogens with zero attached hydrogens (tertiary/aromatic N) is 2. The topological polar surface area (TPSA) is 115 Å². The van der Waals surface area contributed by atoms with E-state index >= 15 is 0 Å². The molecule has 3 aromatic rings. The van der Waals surface area contributed by atoms with Crippen LogP contribution in [-0.2, 0) is 16.7 Å². The number of carboxylic acids is 1. The van der Waals surface area contributed by atoms with Gasteiger partial charge in [0.2, 0.25) is 11.8 Å². The molecule has 0 aliphatic rings. The second kappa shape index (κ2) is 9.00. The van der Waals surface area contributed by atoms with Gasteiger partial charge in [0.25, 0.3) is 0 Å². The molecule has 0 aliphatic carbocycles. The summed E-state index contributed by atoms with van der Waals surface area (Å²) in [5, 5.41) is 20.5. The molecule has 2 N–H and O–H groups in total. The highest BCUT2D eigenvalue weighted by atomic mass is 35.5. The maximum Gasteiger partial charge on any atom is 0.408 e. The number of hydrogen-bond acceptors (Lipinski definition) is 6. The zero-order chi connectivity index (χ0) is 23.5. The molecule has 1 aromatic heterocycles. The molecule has 0 radical (unpaired) electrons. The van der Waals surface area contributed by atoms with Gasteiger partial charge in [0.05, 0.1) is 16.1 Å². The first kappa shape index (κ1) is 23.3. The Bertz CT molecular complexity index is 1120. The Morgan fingerprint density at radius 2 is 1.78 bits per heavy atom. The SMILES string of the molecule is CC(C)(C)OC(=O)NC(C)(Cc1ccccc1)c1nnc(-c2cc(C(=O)O)ccc2Cl)o1. The van der Waals surface area contributed by atoms with E-state index in [0.29, 0.717) is 6.42 Å². The van der Waals surface area contributed by atoms with Gasteiger partial charge >= 0.3 is 12.1 Å². The number of ether oxygens (including phenoxy) is 1. The minimum Gasteiger partial charge on any atom is -0.478 e. The van der Waals surface area contributed by atoms with Gasteiger partial charge in [0, 0.05) is 6.42 Å². The van der Waals surface area contributed by atoms with Gasteiger partial charge in [-0.3, -0.25) is 0 Å². The maximum absolute atomic E-state index is 12.6. The first-order valence-electron chi connectivity index (χ1n) is 9.89. The normalized spacial score (nSPS) is 13.3. The second-order valence-electron chi connectivity index (χ2n) is 8.53. The molecular formula is C23H24ClN3O5. The number of carbonyl (C=O) groups is 2. The second-order valence-corrected chi connectivity index (χ2v) is 8.94. The third kappa shape index (κ3) is 5.64. The molecule has 0 fully saturated rings. The summed E-state index contributed by atoms with van der Waals surface area (Å²) in [7, 11) is 0. The van der Waals surface area contributed by atoms with Crippen molar-refractivity contribution < 1.29 is 23.8 Å². The Kier molecular flexibility index (Phi) is 6.55. The number of nitrogens with one attached hydrogen (secondary N) is 1. The lowest BCUT2D eigenvalue weighted by atomic mass is 9.92. The molecular weight excluding hydrogens is 434 g/mol. The van der Waals surface area contributed by atoms with Crippen LogP contribution in [0.25, 0.3) is 11.5 Å². The highest BCUT2D eigenvalue weighted by Gasteiger charge is 2.37. The minimum atomic E-state index is -1.11. The minimum absolute atomic E-state index is 0.0306. The van der Waals surface area contributed by atoms with E-state index in [1.807, 2.05) is 30.3 Å². The average molecular weight is 458 g/mol. The van der Waals surface area contributed by atoms with E-state index in [-0.39, 0.29) is 27.9 Å². The highest BCUT2D eigenvalue weighted by Crippen LogP contribution is 2.32. The molecule has 0 bridgehead atoms. The van der Waals surface area contributed by atoms with E-state index in [0.717, 1.165) is 5.56 Å². The molecule has 8 nitrogen and oxygen atoms in total. The fourth-order valence-corrected chi connectivity index (χ4v) is 3.28. The summed E-state index contributed by atoms with van der Waals surface area (Å²) >= 11 is 6.24. The zero-order valence-corrected chi connectivity index (χ0v) is 18.9. The van der Waals surface area contributed by atoms with Crippen LogP contribution in [0, 0.1) is 0 Å². The predicted molar refractivity (Wildman–Crippen MR) is 119 cm³/mol. The fraction of sp³-hybridized carbons (Fsp3) is 0.304. The standard InChI is InChI=1S/C23H24ClN3O5/c1-22(2,3)32-21(30)25-23(4,13-14-8-6-5-7-9-14)20-27-26-18(31-20)16-12-15(19(28)29)10-11-17(16)24/h5-12H,13H2,1-4H3,(H,25,30)(H,28,29). The Morgan fingerprint density at radius 3 is 2.41 bits per heavy atom. The number of hydrogen-bond donors (Lipinski definition) is 2. The Labute approximate surface area is 190 Å². The number of carboxylic acid groups (broad SMARTS) is 1. The van der Waals surface area contributed by atoms with E-state index in [2.05, 4.69) is 15.5 Å². The number of alkyl carbamates (subject to hydrolysis) is 1. The van der Waals surface area contributed by atoms with Crippen LogP contribution in [0.3, 0.4) is 0 Å². The molecule has 0 aliphatic heterocycles. The summed E-state index contributed by atoms with van der Waals surface area (Å²) in [5.74, 6) is -0.944. The number of aromatic carboxylic acids is 1. The van der Waals surface area contributed by atoms with E-state index in [9.17, 15) is 14.7 Å². The van der Waals surface area contributed by atoms with E-state index in [4.69, 9.17) is 20.8 Å². The van der Waals surface area contributed by atoms with Crippen molar-refractivity contribution >= 4 is 23.7 Å². The number of halogens is 1. The van der Waals surface area contributed by atoms with Crippen molar-refractivity contribution in [2.75, 3.05) is 0 Å². The van der Waals surface area contributed by atoms with Crippen LogP contribution < -0.4 is 5.32 Å². The van der Waals surface area contributed by atoms with Crippen molar-refractivity contribution in [3.63, 3.8) is 0 Å². The maximum atomic E-state index is 12.6. The molecule has 0 saturated carbocycles. The highest BCUT2D eigenvalue weighted by molar-refractivity contribution is 6.33. The molecule has 2 aromatic carbocycles. The third-order valence-corrected chi connectivity index (χ3v) is 4.85. The van der Waals surface area contributed by atoms with E-state index in [1.165, 1.54) is 18.2 Å². The van der Waals surface area contributed by atoms with Crippen molar-refractivity contribution in [2.45, 2.75) is 45.3 Å².